The first-order chi connectivity index (χ1) is 18.5. The molecule has 1 aliphatic carbocycles. The summed E-state index contributed by atoms with van der Waals surface area (Å²) >= 11 is 0. The van der Waals surface area contributed by atoms with Crippen molar-refractivity contribution in [3.8, 4) is 16.9 Å². The number of ether oxygens (including phenoxy) is 3. The Morgan fingerprint density at radius 1 is 1.03 bits per heavy atom. The summed E-state index contributed by atoms with van der Waals surface area (Å²) in [6.45, 7) is 5.34. The van der Waals surface area contributed by atoms with E-state index in [4.69, 9.17) is 14.2 Å². The van der Waals surface area contributed by atoms with Gasteiger partial charge in [0.2, 0.25) is 0 Å². The summed E-state index contributed by atoms with van der Waals surface area (Å²) < 4.78 is 16.8. The number of nitrogens with zero attached hydrogens (tertiary/aromatic N) is 1. The van der Waals surface area contributed by atoms with Gasteiger partial charge in [-0.15, -0.1) is 0 Å². The van der Waals surface area contributed by atoms with Crippen molar-refractivity contribution >= 4 is 17.7 Å². The highest BCUT2D eigenvalue weighted by Gasteiger charge is 2.30. The van der Waals surface area contributed by atoms with Crippen molar-refractivity contribution in [1.29, 1.82) is 0 Å². The number of aliphatic carboxylic acids is 1. The molecule has 0 saturated carbocycles. The standard InChI is InChI=1S/C30H32N2O6/c1-2-37-28-18-21(32-13-15-36-16-14-32)12-11-20(28)17-27(29(33)34)31-30(35)38-19-26-24-9-5-3-7-22(24)23-8-4-6-10-25(23)26/h3-12,18,26-27H,2,13-17,19H2,1H3,(H,31,35)(H,33,34). The molecule has 3 aromatic rings. The third kappa shape index (κ3) is 5.45. The van der Waals surface area contributed by atoms with Crippen molar-refractivity contribution in [1.82, 2.24) is 5.32 Å². The van der Waals surface area contributed by atoms with Gasteiger partial charge in [-0.25, -0.2) is 9.59 Å². The van der Waals surface area contributed by atoms with E-state index in [0.29, 0.717) is 31.1 Å². The smallest absolute Gasteiger partial charge is 0.407 e. The lowest BCUT2D eigenvalue weighted by molar-refractivity contribution is -0.139. The van der Waals surface area contributed by atoms with Gasteiger partial charge in [-0.1, -0.05) is 54.6 Å². The van der Waals surface area contributed by atoms with Gasteiger partial charge in [0.15, 0.2) is 0 Å². The second-order valence-electron chi connectivity index (χ2n) is 9.39. The van der Waals surface area contributed by atoms with Crippen LogP contribution in [0.15, 0.2) is 66.7 Å². The van der Waals surface area contributed by atoms with Gasteiger partial charge < -0.3 is 29.5 Å². The van der Waals surface area contributed by atoms with E-state index in [2.05, 4.69) is 22.3 Å². The van der Waals surface area contributed by atoms with Gasteiger partial charge in [-0.05, 0) is 40.8 Å². The number of hydrogen-bond acceptors (Lipinski definition) is 6. The maximum absolute atomic E-state index is 12.8. The fourth-order valence-corrected chi connectivity index (χ4v) is 5.22. The zero-order valence-corrected chi connectivity index (χ0v) is 21.4. The average molecular weight is 517 g/mol. The molecule has 0 bridgehead atoms. The Morgan fingerprint density at radius 2 is 1.68 bits per heavy atom. The summed E-state index contributed by atoms with van der Waals surface area (Å²) in [4.78, 5) is 27.0. The van der Waals surface area contributed by atoms with Gasteiger partial charge >= 0.3 is 12.1 Å². The molecule has 1 aliphatic heterocycles. The number of carbonyl (C=O) groups is 2. The number of alkyl carbamates (subject to hydrolysis) is 1. The molecule has 5 rings (SSSR count). The van der Waals surface area contributed by atoms with E-state index in [1.807, 2.05) is 61.5 Å². The monoisotopic (exact) mass is 516 g/mol. The van der Waals surface area contributed by atoms with E-state index in [-0.39, 0.29) is 18.9 Å². The first-order valence-electron chi connectivity index (χ1n) is 13.0. The second-order valence-corrected chi connectivity index (χ2v) is 9.39. The lowest BCUT2D eigenvalue weighted by Gasteiger charge is -2.29. The summed E-state index contributed by atoms with van der Waals surface area (Å²) in [5.41, 5.74) is 6.15. The highest BCUT2D eigenvalue weighted by Crippen LogP contribution is 2.44. The molecular weight excluding hydrogens is 484 g/mol. The molecule has 0 aromatic heterocycles. The highest BCUT2D eigenvalue weighted by molar-refractivity contribution is 5.81. The van der Waals surface area contributed by atoms with Crippen LogP contribution in [-0.4, -0.2) is 62.7 Å². The number of morpholine rings is 1. The van der Waals surface area contributed by atoms with Crippen LogP contribution in [0, 0.1) is 0 Å². The highest BCUT2D eigenvalue weighted by atomic mass is 16.5. The van der Waals surface area contributed by atoms with Gasteiger partial charge in [-0.2, -0.15) is 0 Å². The fraction of sp³-hybridized carbons (Fsp3) is 0.333. The Hall–Kier alpha value is -4.04. The minimum Gasteiger partial charge on any atom is -0.494 e. The van der Waals surface area contributed by atoms with E-state index >= 15 is 0 Å². The molecule has 0 spiro atoms. The van der Waals surface area contributed by atoms with Gasteiger partial charge in [0.1, 0.15) is 18.4 Å². The molecule has 1 unspecified atom stereocenters. The molecule has 1 fully saturated rings. The quantitative estimate of drug-likeness (QED) is 0.434. The minimum atomic E-state index is -1.17. The van der Waals surface area contributed by atoms with Crippen molar-refractivity contribution < 1.29 is 28.9 Å². The number of carboxylic acid groups (broad SMARTS) is 1. The molecule has 0 radical (unpaired) electrons. The fourth-order valence-electron chi connectivity index (χ4n) is 5.22. The van der Waals surface area contributed by atoms with Crippen LogP contribution in [0.4, 0.5) is 10.5 Å². The van der Waals surface area contributed by atoms with Crippen LogP contribution in [0.25, 0.3) is 11.1 Å². The average Bonchev–Trinajstić information content (AvgIpc) is 3.26. The third-order valence-corrected chi connectivity index (χ3v) is 7.08. The van der Waals surface area contributed by atoms with Crippen molar-refractivity contribution in [3.63, 3.8) is 0 Å². The molecule has 1 heterocycles. The van der Waals surface area contributed by atoms with Gasteiger partial charge in [-0.3, -0.25) is 0 Å². The maximum atomic E-state index is 12.8. The normalized spacial score (nSPS) is 15.3. The third-order valence-electron chi connectivity index (χ3n) is 7.08. The molecule has 3 aromatic carbocycles. The molecule has 8 nitrogen and oxygen atoms in total. The Bertz CT molecular complexity index is 1260. The topological polar surface area (TPSA) is 97.3 Å². The van der Waals surface area contributed by atoms with E-state index in [9.17, 15) is 14.7 Å². The van der Waals surface area contributed by atoms with Crippen molar-refractivity contribution in [2.45, 2.75) is 25.3 Å². The number of anilines is 1. The molecule has 2 aliphatic rings. The number of rotatable bonds is 9. The molecule has 198 valence electrons. The van der Waals surface area contributed by atoms with Crippen LogP contribution < -0.4 is 15.0 Å². The molecule has 1 saturated heterocycles. The molecule has 1 amide bonds. The summed E-state index contributed by atoms with van der Waals surface area (Å²) in [6.07, 6.45) is -0.694. The number of benzene rings is 3. The van der Waals surface area contributed by atoms with E-state index in [1.54, 1.807) is 0 Å². The first-order valence-corrected chi connectivity index (χ1v) is 13.0. The molecule has 2 N–H and O–H groups in total. The van der Waals surface area contributed by atoms with Crippen LogP contribution in [0.1, 0.15) is 29.5 Å². The zero-order valence-electron chi connectivity index (χ0n) is 21.4. The largest absolute Gasteiger partial charge is 0.494 e. The van der Waals surface area contributed by atoms with Gasteiger partial charge in [0.05, 0.1) is 19.8 Å². The van der Waals surface area contributed by atoms with Crippen LogP contribution in [-0.2, 0) is 20.7 Å². The van der Waals surface area contributed by atoms with Gasteiger partial charge in [0, 0.05) is 37.2 Å². The molecular formula is C30H32N2O6. The summed E-state index contributed by atoms with van der Waals surface area (Å²) in [5.74, 6) is -0.635. The Labute approximate surface area is 222 Å². The van der Waals surface area contributed by atoms with E-state index < -0.39 is 18.1 Å². The van der Waals surface area contributed by atoms with E-state index in [1.165, 1.54) is 0 Å². The summed E-state index contributed by atoms with van der Waals surface area (Å²) in [6, 6.07) is 20.7. The summed E-state index contributed by atoms with van der Waals surface area (Å²) in [7, 11) is 0. The lowest BCUT2D eigenvalue weighted by Crippen LogP contribution is -2.43. The number of hydrogen-bond donors (Lipinski definition) is 2. The van der Waals surface area contributed by atoms with Crippen molar-refractivity contribution in [3.05, 3.63) is 83.4 Å². The van der Waals surface area contributed by atoms with Crippen LogP contribution in [0.3, 0.4) is 0 Å². The second kappa shape index (κ2) is 11.6. The lowest BCUT2D eigenvalue weighted by atomic mass is 9.98. The number of fused-ring (bicyclic) bond motifs is 3. The Balaban J connectivity index is 1.26. The Kier molecular flexibility index (Phi) is 7.79. The SMILES string of the molecule is CCOc1cc(N2CCOCC2)ccc1CC(NC(=O)OCC1c2ccccc2-c2ccccc21)C(=O)O. The van der Waals surface area contributed by atoms with Crippen LogP contribution in [0.5, 0.6) is 5.75 Å². The van der Waals surface area contributed by atoms with Crippen molar-refractivity contribution in [2.75, 3.05) is 44.4 Å². The number of nitrogens with one attached hydrogen (secondary N) is 1. The van der Waals surface area contributed by atoms with E-state index in [0.717, 1.165) is 41.0 Å². The predicted octanol–water partition coefficient (Wildman–Crippen LogP) is 4.46. The van der Waals surface area contributed by atoms with Crippen LogP contribution in [0.2, 0.25) is 0 Å². The maximum Gasteiger partial charge on any atom is 0.407 e. The Morgan fingerprint density at radius 3 is 2.32 bits per heavy atom. The zero-order chi connectivity index (χ0) is 26.5. The molecule has 1 atom stereocenters. The number of amides is 1. The molecule has 8 heteroatoms. The molecule has 38 heavy (non-hydrogen) atoms. The predicted molar refractivity (Wildman–Crippen MR) is 144 cm³/mol. The number of carboxylic acids is 1. The summed E-state index contributed by atoms with van der Waals surface area (Å²) in [5, 5.41) is 12.4. The number of carbonyl (C=O) groups excluding carboxylic acids is 1. The van der Waals surface area contributed by atoms with Crippen molar-refractivity contribution in [2.24, 2.45) is 0 Å². The van der Waals surface area contributed by atoms with Crippen LogP contribution >= 0.6 is 0 Å². The van der Waals surface area contributed by atoms with Gasteiger partial charge in [0.25, 0.3) is 0 Å². The minimum absolute atomic E-state index is 0.0677. The first kappa shape index (κ1) is 25.6.